The molecule has 2 atom stereocenters. The van der Waals surface area contributed by atoms with Crippen LogP contribution in [0, 0.1) is 5.41 Å². The highest BCUT2D eigenvalue weighted by atomic mass is 16.6. The molecule has 0 radical (unpaired) electrons. The first-order chi connectivity index (χ1) is 16.7. The predicted molar refractivity (Wildman–Crippen MR) is 133 cm³/mol. The van der Waals surface area contributed by atoms with Gasteiger partial charge in [0.05, 0.1) is 6.04 Å². The molecular weight excluding hydrogens is 458 g/mol. The lowest BCUT2D eigenvalue weighted by atomic mass is 10.1. The molecule has 13 N–H and O–H groups in total. The molecule has 0 aliphatic carbocycles. The van der Waals surface area contributed by atoms with Crippen LogP contribution in [0.15, 0.2) is 0 Å². The van der Waals surface area contributed by atoms with Gasteiger partial charge in [-0.3, -0.25) is 15.1 Å². The molecule has 2 unspecified atom stereocenters. The van der Waals surface area contributed by atoms with Crippen molar-refractivity contribution < 1.29 is 23.9 Å². The van der Waals surface area contributed by atoms with Gasteiger partial charge in [0.25, 0.3) is 0 Å². The summed E-state index contributed by atoms with van der Waals surface area (Å²) in [5.41, 5.74) is 27.3. The molecule has 3 amide bonds. The van der Waals surface area contributed by atoms with Crippen LogP contribution in [0.1, 0.15) is 51.4 Å². The average molecular weight is 504 g/mol. The topological polar surface area (TPSA) is 251 Å². The van der Waals surface area contributed by atoms with Gasteiger partial charge in [-0.15, -0.1) is 0 Å². The lowest BCUT2D eigenvalue weighted by Gasteiger charge is -2.24. The zero-order valence-electron chi connectivity index (χ0n) is 20.6. The minimum absolute atomic E-state index is 0.00596. The van der Waals surface area contributed by atoms with Crippen LogP contribution in [0.5, 0.6) is 0 Å². The molecule has 0 bridgehead atoms. The Morgan fingerprint density at radius 2 is 1.57 bits per heavy atom. The molecular formula is C21H45N9O5. The molecule has 0 aromatic rings. The van der Waals surface area contributed by atoms with Crippen molar-refractivity contribution in [2.75, 3.05) is 45.9 Å². The molecule has 0 aliphatic heterocycles. The lowest BCUT2D eigenvalue weighted by Crippen LogP contribution is -2.47. The molecule has 204 valence electrons. The molecule has 0 spiro atoms. The fraction of sp³-hybridized carbons (Fsp3) is 0.810. The molecule has 35 heavy (non-hydrogen) atoms. The molecule has 0 saturated heterocycles. The summed E-state index contributed by atoms with van der Waals surface area (Å²) in [6.07, 6.45) is 3.96. The first-order valence-electron chi connectivity index (χ1n) is 12.1. The number of hydrogen-bond acceptors (Lipinski definition) is 9. The average Bonchev–Trinajstić information content (AvgIpc) is 2.80. The van der Waals surface area contributed by atoms with Crippen molar-refractivity contribution in [2.24, 2.45) is 28.7 Å². The van der Waals surface area contributed by atoms with Crippen molar-refractivity contribution >= 4 is 24.1 Å². The number of nitrogens with zero attached hydrogens (tertiary/aromatic N) is 1. The second-order valence-electron chi connectivity index (χ2n) is 8.27. The van der Waals surface area contributed by atoms with Crippen molar-refractivity contribution in [1.29, 1.82) is 5.41 Å². The largest absolute Gasteiger partial charge is 0.448 e. The van der Waals surface area contributed by atoms with E-state index in [9.17, 15) is 14.4 Å². The predicted octanol–water partition coefficient (Wildman–Crippen LogP) is -1.15. The molecule has 14 heteroatoms. The van der Waals surface area contributed by atoms with Gasteiger partial charge in [0.2, 0.25) is 5.91 Å². The molecule has 0 saturated carbocycles. The molecule has 14 nitrogen and oxygen atoms in total. The zero-order valence-corrected chi connectivity index (χ0v) is 20.6. The normalized spacial score (nSPS) is 12.3. The van der Waals surface area contributed by atoms with E-state index in [0.717, 1.165) is 25.7 Å². The molecule has 0 rings (SSSR count). The van der Waals surface area contributed by atoms with Crippen LogP contribution in [-0.4, -0.2) is 87.0 Å². The van der Waals surface area contributed by atoms with E-state index in [2.05, 4.69) is 10.6 Å². The van der Waals surface area contributed by atoms with Gasteiger partial charge in [0.15, 0.2) is 5.96 Å². The highest BCUT2D eigenvalue weighted by Crippen LogP contribution is 2.05. The summed E-state index contributed by atoms with van der Waals surface area (Å²) in [5, 5.41) is 12.6. The third-order valence-electron chi connectivity index (χ3n) is 5.01. The van der Waals surface area contributed by atoms with Crippen LogP contribution in [0.25, 0.3) is 0 Å². The number of nitrogens with two attached hydrogens (primary N) is 5. The number of unbranched alkanes of at least 4 members (excludes halogenated alkanes) is 3. The summed E-state index contributed by atoms with van der Waals surface area (Å²) in [6, 6.07) is -0.841. The summed E-state index contributed by atoms with van der Waals surface area (Å²) in [5.74, 6) is -0.525. The first kappa shape index (κ1) is 32.2. The van der Waals surface area contributed by atoms with E-state index in [1.807, 2.05) is 0 Å². The molecule has 0 aromatic carbocycles. The Morgan fingerprint density at radius 1 is 0.886 bits per heavy atom. The number of ether oxygens (including phenoxy) is 2. The number of amides is 3. The number of primary amides is 1. The third kappa shape index (κ3) is 19.2. The van der Waals surface area contributed by atoms with E-state index < -0.39 is 30.2 Å². The third-order valence-corrected chi connectivity index (χ3v) is 5.01. The Hall–Kier alpha value is -2.84. The van der Waals surface area contributed by atoms with Gasteiger partial charge < -0.3 is 48.8 Å². The van der Waals surface area contributed by atoms with E-state index in [1.165, 1.54) is 4.90 Å². The van der Waals surface area contributed by atoms with Crippen molar-refractivity contribution in [3.8, 4) is 0 Å². The van der Waals surface area contributed by atoms with Gasteiger partial charge in [0.1, 0.15) is 19.8 Å². The van der Waals surface area contributed by atoms with E-state index in [4.69, 9.17) is 43.6 Å². The van der Waals surface area contributed by atoms with Gasteiger partial charge >= 0.3 is 12.2 Å². The minimum atomic E-state index is -0.929. The van der Waals surface area contributed by atoms with E-state index in [-0.39, 0.29) is 25.7 Å². The Morgan fingerprint density at radius 3 is 2.20 bits per heavy atom. The Labute approximate surface area is 207 Å². The van der Waals surface area contributed by atoms with Crippen LogP contribution < -0.4 is 39.3 Å². The number of rotatable bonds is 20. The molecule has 0 heterocycles. The highest BCUT2D eigenvalue weighted by molar-refractivity contribution is 5.82. The summed E-state index contributed by atoms with van der Waals surface area (Å²) in [7, 11) is 0. The van der Waals surface area contributed by atoms with Crippen LogP contribution in [0.4, 0.5) is 9.59 Å². The second kappa shape index (κ2) is 20.5. The van der Waals surface area contributed by atoms with Crippen molar-refractivity contribution in [2.45, 2.75) is 63.5 Å². The maximum absolute atomic E-state index is 12.7. The standard InChI is InChI=1S/C21H45N9O5/c22-9-3-1-5-12-30(21(33)35-14-16(24)7-6-11-28-19(25)26)13-18(31)29-17(8-2-4-10-23)15-34-20(27)32/h16-17H,1-15,22-24H2,(H2,27,32)(H,29,31)(H4,25,26,28). The molecule has 0 fully saturated rings. The van der Waals surface area contributed by atoms with Crippen molar-refractivity contribution in [1.82, 2.24) is 15.5 Å². The van der Waals surface area contributed by atoms with Crippen molar-refractivity contribution in [3.05, 3.63) is 0 Å². The number of guanidine groups is 1. The maximum Gasteiger partial charge on any atom is 0.410 e. The van der Waals surface area contributed by atoms with Gasteiger partial charge in [-0.25, -0.2) is 9.59 Å². The molecule has 0 aliphatic rings. The summed E-state index contributed by atoms with van der Waals surface area (Å²) in [6.45, 7) is 1.57. The van der Waals surface area contributed by atoms with E-state index in [1.54, 1.807) is 0 Å². The van der Waals surface area contributed by atoms with Crippen LogP contribution >= 0.6 is 0 Å². The number of carbonyl (C=O) groups is 3. The summed E-state index contributed by atoms with van der Waals surface area (Å²) >= 11 is 0. The van der Waals surface area contributed by atoms with Crippen LogP contribution in [-0.2, 0) is 14.3 Å². The zero-order chi connectivity index (χ0) is 26.5. The quantitative estimate of drug-likeness (QED) is 0.0562. The SMILES string of the molecule is N=C(N)NCCCC(N)COC(=O)N(CCCCCN)CC(=O)NC(CCCCN)COC(N)=O. The smallest absolute Gasteiger partial charge is 0.410 e. The van der Waals surface area contributed by atoms with Gasteiger partial charge in [-0.05, 0) is 51.6 Å². The van der Waals surface area contributed by atoms with E-state index in [0.29, 0.717) is 51.9 Å². The first-order valence-corrected chi connectivity index (χ1v) is 12.1. The lowest BCUT2D eigenvalue weighted by molar-refractivity contribution is -0.123. The number of hydrogen-bond donors (Lipinski definition) is 8. The summed E-state index contributed by atoms with van der Waals surface area (Å²) in [4.78, 5) is 37.6. The number of carbonyl (C=O) groups excluding carboxylic acids is 3. The van der Waals surface area contributed by atoms with Crippen LogP contribution in [0.2, 0.25) is 0 Å². The molecule has 0 aromatic heterocycles. The fourth-order valence-corrected chi connectivity index (χ4v) is 3.16. The Kier molecular flexibility index (Phi) is 18.9. The Balaban J connectivity index is 4.82. The van der Waals surface area contributed by atoms with Gasteiger partial charge in [-0.2, -0.15) is 0 Å². The maximum atomic E-state index is 12.7. The minimum Gasteiger partial charge on any atom is -0.448 e. The van der Waals surface area contributed by atoms with Crippen LogP contribution in [0.3, 0.4) is 0 Å². The highest BCUT2D eigenvalue weighted by Gasteiger charge is 2.21. The van der Waals surface area contributed by atoms with E-state index >= 15 is 0 Å². The number of nitrogens with one attached hydrogen (secondary N) is 3. The fourth-order valence-electron chi connectivity index (χ4n) is 3.16. The van der Waals surface area contributed by atoms with Gasteiger partial charge in [0, 0.05) is 19.1 Å². The Bertz CT molecular complexity index is 624. The second-order valence-corrected chi connectivity index (χ2v) is 8.27. The van der Waals surface area contributed by atoms with Crippen molar-refractivity contribution in [3.63, 3.8) is 0 Å². The monoisotopic (exact) mass is 503 g/mol. The van der Waals surface area contributed by atoms with Gasteiger partial charge in [-0.1, -0.05) is 12.8 Å². The summed E-state index contributed by atoms with van der Waals surface area (Å²) < 4.78 is 10.2.